The van der Waals surface area contributed by atoms with E-state index < -0.39 is 14.7 Å². The van der Waals surface area contributed by atoms with E-state index in [2.05, 4.69) is 16.2 Å². The Hall–Kier alpha value is -1.31. The standard InChI is InChI=1S/C9H8N2O3S2/c1-6(12)11-8-5-3-2-4-7(8)10-9(11)16(13,14)15/h2-5H,1H3,(H,13,14,15). The second-order valence-corrected chi connectivity index (χ2v) is 5.88. The van der Waals surface area contributed by atoms with Gasteiger partial charge in [0, 0.05) is 18.1 Å². The van der Waals surface area contributed by atoms with Crippen molar-refractivity contribution in [3.63, 3.8) is 0 Å². The number of carbonyl (C=O) groups excluding carboxylic acids is 1. The third-order valence-corrected chi connectivity index (χ3v) is 3.26. The molecule has 5 nitrogen and oxygen atoms in total. The van der Waals surface area contributed by atoms with Gasteiger partial charge in [-0.05, 0) is 12.1 Å². The number of hydrogen-bond acceptors (Lipinski definition) is 4. The van der Waals surface area contributed by atoms with Gasteiger partial charge in [-0.3, -0.25) is 13.9 Å². The zero-order chi connectivity index (χ0) is 11.9. The Morgan fingerprint density at radius 1 is 1.50 bits per heavy atom. The molecule has 0 aliphatic heterocycles. The first-order valence-electron chi connectivity index (χ1n) is 4.37. The molecule has 16 heavy (non-hydrogen) atoms. The number of rotatable bonds is 1. The maximum absolute atomic E-state index is 11.4. The zero-order valence-electron chi connectivity index (χ0n) is 8.28. The predicted molar refractivity (Wildman–Crippen MR) is 62.4 cm³/mol. The summed E-state index contributed by atoms with van der Waals surface area (Å²) in [7, 11) is -3.68. The Bertz CT molecular complexity index is 673. The first kappa shape index (κ1) is 11.2. The van der Waals surface area contributed by atoms with Crippen molar-refractivity contribution in [2.24, 2.45) is 0 Å². The molecule has 1 heterocycles. The summed E-state index contributed by atoms with van der Waals surface area (Å²) in [6.07, 6.45) is 0. The van der Waals surface area contributed by atoms with Crippen LogP contribution in [0, 0.1) is 0 Å². The van der Waals surface area contributed by atoms with Crippen LogP contribution in [0.15, 0.2) is 29.4 Å². The SMILES string of the molecule is CC(=O)n1c(S(=O)(O)=S)nc2ccccc21. The topological polar surface area (TPSA) is 72.2 Å². The normalized spacial score (nSPS) is 14.9. The van der Waals surface area contributed by atoms with Crippen molar-refractivity contribution in [1.29, 1.82) is 0 Å². The number of hydrogen-bond donors (Lipinski definition) is 1. The maximum Gasteiger partial charge on any atom is 0.235 e. The van der Waals surface area contributed by atoms with Crippen molar-refractivity contribution in [1.82, 2.24) is 9.55 Å². The molecule has 1 aromatic heterocycles. The molecule has 1 aromatic carbocycles. The van der Waals surface area contributed by atoms with E-state index in [1.807, 2.05) is 0 Å². The van der Waals surface area contributed by atoms with Gasteiger partial charge in [-0.15, -0.1) is 0 Å². The fourth-order valence-corrected chi connectivity index (χ4v) is 2.49. The molecule has 7 heteroatoms. The molecule has 0 aliphatic rings. The predicted octanol–water partition coefficient (Wildman–Crippen LogP) is 1.27. The van der Waals surface area contributed by atoms with Crippen LogP contribution < -0.4 is 0 Å². The molecule has 2 aromatic rings. The van der Waals surface area contributed by atoms with Crippen molar-refractivity contribution in [3.8, 4) is 0 Å². The van der Waals surface area contributed by atoms with Crippen LogP contribution in [0.25, 0.3) is 11.0 Å². The van der Waals surface area contributed by atoms with Crippen LogP contribution in [0.3, 0.4) is 0 Å². The van der Waals surface area contributed by atoms with E-state index in [9.17, 15) is 13.6 Å². The van der Waals surface area contributed by atoms with Crippen LogP contribution in [-0.4, -0.2) is 24.2 Å². The van der Waals surface area contributed by atoms with Gasteiger partial charge in [-0.2, -0.15) is 0 Å². The van der Waals surface area contributed by atoms with Crippen LogP contribution in [0.1, 0.15) is 11.7 Å². The van der Waals surface area contributed by atoms with Crippen LogP contribution in [0.2, 0.25) is 0 Å². The zero-order valence-corrected chi connectivity index (χ0v) is 9.92. The number of imidazole rings is 1. The minimum atomic E-state index is -3.68. The molecule has 0 saturated carbocycles. The van der Waals surface area contributed by atoms with Gasteiger partial charge in [0.1, 0.15) is 0 Å². The summed E-state index contributed by atoms with van der Waals surface area (Å²) in [4.78, 5) is 15.3. The molecule has 0 fully saturated rings. The Kier molecular flexibility index (Phi) is 2.53. The van der Waals surface area contributed by atoms with Crippen LogP contribution in [-0.2, 0) is 20.0 Å². The number of aromatic nitrogens is 2. The highest BCUT2D eigenvalue weighted by Gasteiger charge is 2.20. The van der Waals surface area contributed by atoms with Crippen LogP contribution >= 0.6 is 0 Å². The second-order valence-electron chi connectivity index (χ2n) is 3.21. The molecular weight excluding hydrogens is 248 g/mol. The van der Waals surface area contributed by atoms with Crippen LogP contribution in [0.4, 0.5) is 0 Å². The summed E-state index contributed by atoms with van der Waals surface area (Å²) in [5, 5.41) is -0.281. The Balaban J connectivity index is 2.95. The second kappa shape index (κ2) is 3.62. The van der Waals surface area contributed by atoms with E-state index in [0.717, 1.165) is 4.57 Å². The monoisotopic (exact) mass is 256 g/mol. The smallest absolute Gasteiger partial charge is 0.235 e. The molecule has 1 N–H and O–H groups in total. The highest BCUT2D eigenvalue weighted by Crippen LogP contribution is 2.19. The third kappa shape index (κ3) is 1.73. The molecular formula is C9H8N2O3S2. The van der Waals surface area contributed by atoms with E-state index in [1.165, 1.54) is 6.92 Å². The van der Waals surface area contributed by atoms with E-state index in [0.29, 0.717) is 11.0 Å². The molecule has 0 bridgehead atoms. The lowest BCUT2D eigenvalue weighted by atomic mass is 10.3. The maximum atomic E-state index is 11.4. The summed E-state index contributed by atoms with van der Waals surface area (Å²) in [6, 6.07) is 6.74. The Morgan fingerprint density at radius 3 is 2.69 bits per heavy atom. The average Bonchev–Trinajstić information content (AvgIpc) is 2.55. The van der Waals surface area contributed by atoms with E-state index >= 15 is 0 Å². The van der Waals surface area contributed by atoms with Gasteiger partial charge in [-0.25, -0.2) is 9.19 Å². The molecule has 1 atom stereocenters. The quantitative estimate of drug-likeness (QED) is 0.832. The summed E-state index contributed by atoms with van der Waals surface area (Å²) >= 11 is 4.45. The highest BCUT2D eigenvalue weighted by molar-refractivity contribution is 8.29. The molecule has 0 saturated heterocycles. The number of benzene rings is 1. The Morgan fingerprint density at radius 2 is 2.12 bits per heavy atom. The highest BCUT2D eigenvalue weighted by atomic mass is 32.8. The third-order valence-electron chi connectivity index (χ3n) is 2.08. The van der Waals surface area contributed by atoms with E-state index in [4.69, 9.17) is 0 Å². The van der Waals surface area contributed by atoms with Gasteiger partial charge < -0.3 is 0 Å². The minimum Gasteiger partial charge on any atom is -0.300 e. The first-order valence-corrected chi connectivity index (χ1v) is 6.81. The molecule has 2 rings (SSSR count). The number of nitrogens with zero attached hydrogens (tertiary/aromatic N) is 2. The summed E-state index contributed by atoms with van der Waals surface area (Å²) < 4.78 is 21.8. The summed E-state index contributed by atoms with van der Waals surface area (Å²) in [5.41, 5.74) is 0.955. The molecule has 0 radical (unpaired) electrons. The van der Waals surface area contributed by atoms with Crippen molar-refractivity contribution >= 4 is 36.9 Å². The molecule has 0 aliphatic carbocycles. The Labute approximate surface area is 96.6 Å². The number of fused-ring (bicyclic) bond motifs is 1. The van der Waals surface area contributed by atoms with Gasteiger partial charge >= 0.3 is 0 Å². The lowest BCUT2D eigenvalue weighted by Crippen LogP contribution is -2.13. The fraction of sp³-hybridized carbons (Fsp3) is 0.111. The minimum absolute atomic E-state index is 0.281. The van der Waals surface area contributed by atoms with Gasteiger partial charge in [0.15, 0.2) is 0 Å². The van der Waals surface area contributed by atoms with Crippen LogP contribution in [0.5, 0.6) is 0 Å². The molecule has 0 spiro atoms. The van der Waals surface area contributed by atoms with Gasteiger partial charge in [0.25, 0.3) is 0 Å². The fourth-order valence-electron chi connectivity index (χ4n) is 1.48. The van der Waals surface area contributed by atoms with Crippen molar-refractivity contribution < 1.29 is 13.6 Å². The van der Waals surface area contributed by atoms with Crippen molar-refractivity contribution in [2.45, 2.75) is 12.1 Å². The summed E-state index contributed by atoms with van der Waals surface area (Å²) in [5.74, 6) is -0.393. The largest absolute Gasteiger partial charge is 0.300 e. The summed E-state index contributed by atoms with van der Waals surface area (Å²) in [6.45, 7) is 1.29. The number of carbonyl (C=O) groups is 1. The van der Waals surface area contributed by atoms with Gasteiger partial charge in [0.05, 0.1) is 11.0 Å². The van der Waals surface area contributed by atoms with Crippen molar-refractivity contribution in [2.75, 3.05) is 0 Å². The molecule has 84 valence electrons. The average molecular weight is 256 g/mol. The first-order chi connectivity index (χ1) is 7.41. The van der Waals surface area contributed by atoms with E-state index in [1.54, 1.807) is 24.3 Å². The lowest BCUT2D eigenvalue weighted by Gasteiger charge is -2.02. The number of para-hydroxylation sites is 2. The van der Waals surface area contributed by atoms with E-state index in [-0.39, 0.29) is 5.16 Å². The van der Waals surface area contributed by atoms with Crippen molar-refractivity contribution in [3.05, 3.63) is 24.3 Å². The van der Waals surface area contributed by atoms with Gasteiger partial charge in [0.2, 0.25) is 19.8 Å². The molecule has 0 amide bonds. The van der Waals surface area contributed by atoms with Gasteiger partial charge in [-0.1, -0.05) is 12.1 Å². The lowest BCUT2D eigenvalue weighted by molar-refractivity contribution is 0.0930. The molecule has 1 unspecified atom stereocenters.